The number of rotatable bonds is 3. The Kier molecular flexibility index (Phi) is 2.42. The van der Waals surface area contributed by atoms with Gasteiger partial charge < -0.3 is 5.32 Å². The van der Waals surface area contributed by atoms with Gasteiger partial charge in [-0.3, -0.25) is 9.55 Å². The second kappa shape index (κ2) is 3.16. The molecule has 6 nitrogen and oxygen atoms in total. The summed E-state index contributed by atoms with van der Waals surface area (Å²) in [5.74, 6) is 0.558. The maximum atomic E-state index is 10.1. The van der Waals surface area contributed by atoms with Crippen molar-refractivity contribution in [2.24, 2.45) is 4.99 Å². The van der Waals surface area contributed by atoms with Crippen molar-refractivity contribution in [3.8, 4) is 0 Å². The first kappa shape index (κ1) is 8.44. The van der Waals surface area contributed by atoms with Crippen LogP contribution in [0.5, 0.6) is 0 Å². The van der Waals surface area contributed by atoms with Crippen LogP contribution in [0.15, 0.2) is 4.99 Å². The minimum absolute atomic E-state index is 0.0266. The third-order valence-corrected chi connectivity index (χ3v) is 1.67. The lowest BCUT2D eigenvalue weighted by molar-refractivity contribution is 0.471. The largest absolute Gasteiger partial charge is 0.371 e. The summed E-state index contributed by atoms with van der Waals surface area (Å²) in [4.78, 5) is 3.91. The van der Waals surface area contributed by atoms with Crippen molar-refractivity contribution >= 4 is 16.1 Å². The minimum Gasteiger partial charge on any atom is -0.371 e. The van der Waals surface area contributed by atoms with E-state index in [1.54, 1.807) is 0 Å². The van der Waals surface area contributed by atoms with Crippen LogP contribution in [-0.4, -0.2) is 38.4 Å². The van der Waals surface area contributed by atoms with E-state index in [0.29, 0.717) is 12.4 Å². The van der Waals surface area contributed by atoms with E-state index < -0.39 is 10.3 Å². The predicted molar refractivity (Wildman–Crippen MR) is 39.9 cm³/mol. The fourth-order valence-electron chi connectivity index (χ4n) is 0.725. The van der Waals surface area contributed by atoms with E-state index in [1.165, 1.54) is 0 Å². The van der Waals surface area contributed by atoms with Gasteiger partial charge in [0.1, 0.15) is 5.84 Å². The predicted octanol–water partition coefficient (Wildman–Crippen LogP) is -1.62. The average molecular weight is 179 g/mol. The number of amidine groups is 1. The van der Waals surface area contributed by atoms with Crippen molar-refractivity contribution in [2.45, 2.75) is 0 Å². The summed E-state index contributed by atoms with van der Waals surface area (Å²) in [5.41, 5.74) is 0. The maximum absolute atomic E-state index is 10.1. The van der Waals surface area contributed by atoms with Crippen molar-refractivity contribution in [1.82, 2.24) is 10.0 Å². The second-order valence-electron chi connectivity index (χ2n) is 2.05. The molecular weight excluding hydrogens is 170 g/mol. The van der Waals surface area contributed by atoms with E-state index in [-0.39, 0.29) is 6.54 Å². The van der Waals surface area contributed by atoms with Gasteiger partial charge in [0, 0.05) is 6.54 Å². The quantitative estimate of drug-likeness (QED) is 0.454. The van der Waals surface area contributed by atoms with Crippen LogP contribution in [0.1, 0.15) is 0 Å². The third kappa shape index (κ3) is 3.30. The van der Waals surface area contributed by atoms with E-state index >= 15 is 0 Å². The summed E-state index contributed by atoms with van der Waals surface area (Å²) < 4.78 is 30.5. The van der Waals surface area contributed by atoms with E-state index in [2.05, 4.69) is 10.3 Å². The first-order valence-corrected chi connectivity index (χ1v) is 4.51. The van der Waals surface area contributed by atoms with Gasteiger partial charge in [-0.1, -0.05) is 0 Å². The van der Waals surface area contributed by atoms with Crippen LogP contribution in [0, 0.1) is 0 Å². The first-order valence-electron chi connectivity index (χ1n) is 3.07. The topological polar surface area (TPSA) is 90.8 Å². The molecule has 0 aromatic rings. The summed E-state index contributed by atoms with van der Waals surface area (Å²) in [6, 6.07) is 0. The SMILES string of the molecule is O=S(=O)(O)NCC1=NCCN1. The van der Waals surface area contributed by atoms with Gasteiger partial charge in [-0.05, 0) is 0 Å². The molecule has 0 aliphatic carbocycles. The molecule has 0 atom stereocenters. The third-order valence-electron chi connectivity index (χ3n) is 1.17. The lowest BCUT2D eigenvalue weighted by atomic mass is 10.6. The van der Waals surface area contributed by atoms with Gasteiger partial charge in [0.15, 0.2) is 0 Å². The van der Waals surface area contributed by atoms with Gasteiger partial charge in [-0.2, -0.15) is 13.1 Å². The zero-order valence-electron chi connectivity index (χ0n) is 5.74. The van der Waals surface area contributed by atoms with Crippen molar-refractivity contribution in [1.29, 1.82) is 0 Å². The Hall–Kier alpha value is -0.660. The fraction of sp³-hybridized carbons (Fsp3) is 0.750. The number of hydrogen-bond acceptors (Lipinski definition) is 4. The Labute approximate surface area is 64.6 Å². The van der Waals surface area contributed by atoms with Crippen LogP contribution in [0.25, 0.3) is 0 Å². The highest BCUT2D eigenvalue weighted by Crippen LogP contribution is 1.83. The molecule has 1 rings (SSSR count). The molecule has 0 saturated heterocycles. The fourth-order valence-corrected chi connectivity index (χ4v) is 1.04. The summed E-state index contributed by atoms with van der Waals surface area (Å²) >= 11 is 0. The van der Waals surface area contributed by atoms with Crippen LogP contribution in [0.3, 0.4) is 0 Å². The van der Waals surface area contributed by atoms with Gasteiger partial charge in [-0.15, -0.1) is 0 Å². The maximum Gasteiger partial charge on any atom is 0.333 e. The molecule has 0 unspecified atom stereocenters. The van der Waals surface area contributed by atoms with Crippen molar-refractivity contribution in [3.05, 3.63) is 0 Å². The zero-order valence-corrected chi connectivity index (χ0v) is 6.56. The van der Waals surface area contributed by atoms with Gasteiger partial charge in [0.2, 0.25) is 0 Å². The van der Waals surface area contributed by atoms with Gasteiger partial charge in [0.05, 0.1) is 13.1 Å². The highest BCUT2D eigenvalue weighted by Gasteiger charge is 2.08. The van der Waals surface area contributed by atoms with E-state index in [1.807, 2.05) is 4.72 Å². The number of aliphatic imine (C=N–C) groups is 1. The highest BCUT2D eigenvalue weighted by atomic mass is 32.2. The molecule has 0 aromatic heterocycles. The molecule has 3 N–H and O–H groups in total. The van der Waals surface area contributed by atoms with Gasteiger partial charge in [-0.25, -0.2) is 0 Å². The second-order valence-corrected chi connectivity index (χ2v) is 3.29. The van der Waals surface area contributed by atoms with E-state index in [4.69, 9.17) is 4.55 Å². The smallest absolute Gasteiger partial charge is 0.333 e. The van der Waals surface area contributed by atoms with Crippen LogP contribution in [0.2, 0.25) is 0 Å². The monoisotopic (exact) mass is 179 g/mol. The molecule has 1 heterocycles. The summed E-state index contributed by atoms with van der Waals surface area (Å²) in [7, 11) is -4.08. The zero-order chi connectivity index (χ0) is 8.32. The normalized spacial score (nSPS) is 17.7. The molecule has 1 aliphatic rings. The lowest BCUT2D eigenvalue weighted by Gasteiger charge is -2.00. The molecule has 0 fully saturated rings. The molecule has 11 heavy (non-hydrogen) atoms. The highest BCUT2D eigenvalue weighted by molar-refractivity contribution is 7.83. The molecule has 0 spiro atoms. The molecule has 0 bridgehead atoms. The van der Waals surface area contributed by atoms with Crippen LogP contribution in [0.4, 0.5) is 0 Å². The molecule has 0 amide bonds. The molecule has 0 aromatic carbocycles. The Bertz CT molecular complexity index is 258. The Morgan fingerprint density at radius 3 is 2.91 bits per heavy atom. The average Bonchev–Trinajstić information content (AvgIpc) is 2.32. The number of nitrogens with one attached hydrogen (secondary N) is 2. The molecule has 7 heteroatoms. The van der Waals surface area contributed by atoms with Crippen molar-refractivity contribution < 1.29 is 13.0 Å². The van der Waals surface area contributed by atoms with E-state index in [0.717, 1.165) is 6.54 Å². The standard InChI is InChI=1S/C4H9N3O3S/c8-11(9,10)7-3-4-5-1-2-6-4/h7H,1-3H2,(H,5,6)(H,8,9,10). The summed E-state index contributed by atoms with van der Waals surface area (Å²) in [6.07, 6.45) is 0. The number of hydrogen-bond donors (Lipinski definition) is 3. The van der Waals surface area contributed by atoms with Gasteiger partial charge >= 0.3 is 10.3 Å². The molecule has 1 aliphatic heterocycles. The Balaban J connectivity index is 2.33. The van der Waals surface area contributed by atoms with Crippen molar-refractivity contribution in [3.63, 3.8) is 0 Å². The van der Waals surface area contributed by atoms with Crippen molar-refractivity contribution in [2.75, 3.05) is 19.6 Å². The van der Waals surface area contributed by atoms with Gasteiger partial charge in [0.25, 0.3) is 0 Å². The van der Waals surface area contributed by atoms with Crippen LogP contribution in [-0.2, 0) is 10.3 Å². The minimum atomic E-state index is -4.08. The van der Waals surface area contributed by atoms with Crippen LogP contribution >= 0.6 is 0 Å². The Morgan fingerprint density at radius 1 is 1.73 bits per heavy atom. The summed E-state index contributed by atoms with van der Waals surface area (Å²) in [6.45, 7) is 1.41. The molecule has 0 radical (unpaired) electrons. The van der Waals surface area contributed by atoms with Crippen LogP contribution < -0.4 is 10.0 Å². The lowest BCUT2D eigenvalue weighted by Crippen LogP contribution is -2.34. The molecular formula is C4H9N3O3S. The van der Waals surface area contributed by atoms with E-state index in [9.17, 15) is 8.42 Å². The number of nitrogens with zero attached hydrogens (tertiary/aromatic N) is 1. The summed E-state index contributed by atoms with van der Waals surface area (Å²) in [5, 5.41) is 2.84. The Morgan fingerprint density at radius 2 is 2.45 bits per heavy atom. The molecule has 64 valence electrons. The first-order chi connectivity index (χ1) is 5.08. The molecule has 0 saturated carbocycles.